The van der Waals surface area contributed by atoms with Crippen molar-refractivity contribution in [3.05, 3.63) is 35.9 Å². The highest BCUT2D eigenvalue weighted by Gasteiger charge is 2.22. The third kappa shape index (κ3) is 4.73. The number of likely N-dealkylation sites (tertiary alicyclic amines) is 1. The van der Waals surface area contributed by atoms with E-state index in [9.17, 15) is 0 Å². The quantitative estimate of drug-likeness (QED) is 0.627. The molecular formula is C18H30N4. The van der Waals surface area contributed by atoms with Crippen LogP contribution in [0.1, 0.15) is 45.2 Å². The Morgan fingerprint density at radius 1 is 1.32 bits per heavy atom. The summed E-state index contributed by atoms with van der Waals surface area (Å²) in [6.45, 7) is 10.6. The van der Waals surface area contributed by atoms with Gasteiger partial charge in [-0.05, 0) is 45.3 Å². The molecule has 1 aliphatic heterocycles. The summed E-state index contributed by atoms with van der Waals surface area (Å²) in [4.78, 5) is 7.35. The van der Waals surface area contributed by atoms with E-state index >= 15 is 0 Å². The number of benzene rings is 1. The number of nitrogens with one attached hydrogen (secondary N) is 2. The van der Waals surface area contributed by atoms with Crippen molar-refractivity contribution in [3.8, 4) is 0 Å². The van der Waals surface area contributed by atoms with Gasteiger partial charge in [0.15, 0.2) is 5.96 Å². The Balaban J connectivity index is 1.95. The van der Waals surface area contributed by atoms with E-state index in [1.165, 1.54) is 24.9 Å². The molecule has 1 saturated heterocycles. The molecule has 0 saturated carbocycles. The van der Waals surface area contributed by atoms with E-state index in [0.29, 0.717) is 6.04 Å². The molecule has 4 heteroatoms. The van der Waals surface area contributed by atoms with Gasteiger partial charge in [0, 0.05) is 12.6 Å². The van der Waals surface area contributed by atoms with Gasteiger partial charge in [-0.1, -0.05) is 37.3 Å². The molecule has 2 unspecified atom stereocenters. The Hall–Kier alpha value is -1.55. The molecule has 1 aliphatic rings. The monoisotopic (exact) mass is 302 g/mol. The lowest BCUT2D eigenvalue weighted by Gasteiger charge is -2.22. The fourth-order valence-electron chi connectivity index (χ4n) is 3.07. The van der Waals surface area contributed by atoms with Crippen LogP contribution in [-0.2, 0) is 0 Å². The average Bonchev–Trinajstić information content (AvgIpc) is 3.01. The fraction of sp³-hybridized carbons (Fsp3) is 0.611. The van der Waals surface area contributed by atoms with Gasteiger partial charge in [-0.2, -0.15) is 0 Å². The summed E-state index contributed by atoms with van der Waals surface area (Å²) in [7, 11) is 0. The van der Waals surface area contributed by atoms with Crippen LogP contribution in [0.4, 0.5) is 0 Å². The number of likely N-dealkylation sites (N-methyl/N-ethyl adjacent to an activating group) is 1. The van der Waals surface area contributed by atoms with Gasteiger partial charge in [-0.3, -0.25) is 9.89 Å². The zero-order valence-corrected chi connectivity index (χ0v) is 14.2. The molecule has 0 bridgehead atoms. The van der Waals surface area contributed by atoms with Gasteiger partial charge in [-0.15, -0.1) is 0 Å². The molecule has 22 heavy (non-hydrogen) atoms. The molecule has 1 aromatic rings. The summed E-state index contributed by atoms with van der Waals surface area (Å²) in [6, 6.07) is 11.4. The van der Waals surface area contributed by atoms with Crippen molar-refractivity contribution >= 4 is 5.96 Å². The van der Waals surface area contributed by atoms with E-state index in [1.54, 1.807) is 0 Å². The SMILES string of the molecule is CCNC(=NCC1CCCN1CC)NC(C)c1ccccc1. The fourth-order valence-corrected chi connectivity index (χ4v) is 3.07. The van der Waals surface area contributed by atoms with Gasteiger partial charge in [0.05, 0.1) is 12.6 Å². The summed E-state index contributed by atoms with van der Waals surface area (Å²) < 4.78 is 0. The van der Waals surface area contributed by atoms with Crippen LogP contribution in [0.5, 0.6) is 0 Å². The third-order valence-corrected chi connectivity index (χ3v) is 4.36. The Kier molecular flexibility index (Phi) is 6.72. The molecule has 1 heterocycles. The summed E-state index contributed by atoms with van der Waals surface area (Å²) in [5.74, 6) is 0.918. The molecular weight excluding hydrogens is 272 g/mol. The van der Waals surface area contributed by atoms with E-state index in [1.807, 2.05) is 0 Å². The molecule has 0 amide bonds. The van der Waals surface area contributed by atoms with Crippen LogP contribution in [0.15, 0.2) is 35.3 Å². The zero-order chi connectivity index (χ0) is 15.8. The number of hydrogen-bond donors (Lipinski definition) is 2. The molecule has 2 N–H and O–H groups in total. The van der Waals surface area contributed by atoms with Crippen LogP contribution in [0.25, 0.3) is 0 Å². The third-order valence-electron chi connectivity index (χ3n) is 4.36. The molecule has 0 radical (unpaired) electrons. The lowest BCUT2D eigenvalue weighted by molar-refractivity contribution is 0.273. The van der Waals surface area contributed by atoms with Crippen LogP contribution in [-0.4, -0.2) is 43.1 Å². The van der Waals surface area contributed by atoms with Crippen molar-refractivity contribution in [3.63, 3.8) is 0 Å². The minimum absolute atomic E-state index is 0.254. The van der Waals surface area contributed by atoms with Gasteiger partial charge in [-0.25, -0.2) is 0 Å². The standard InChI is InChI=1S/C18H30N4/c1-4-19-18(20-14-17-12-9-13-22(17)5-2)21-15(3)16-10-7-6-8-11-16/h6-8,10-11,15,17H,4-5,9,12-14H2,1-3H3,(H2,19,20,21). The minimum Gasteiger partial charge on any atom is -0.357 e. The number of hydrogen-bond acceptors (Lipinski definition) is 2. The van der Waals surface area contributed by atoms with E-state index < -0.39 is 0 Å². The largest absolute Gasteiger partial charge is 0.357 e. The Morgan fingerprint density at radius 2 is 2.09 bits per heavy atom. The molecule has 1 aromatic carbocycles. The number of guanidine groups is 1. The average molecular weight is 302 g/mol. The lowest BCUT2D eigenvalue weighted by atomic mass is 10.1. The molecule has 122 valence electrons. The first-order chi connectivity index (χ1) is 10.7. The molecule has 1 fully saturated rings. The molecule has 2 atom stereocenters. The molecule has 0 aliphatic carbocycles. The summed E-state index contributed by atoms with van der Waals surface area (Å²) >= 11 is 0. The van der Waals surface area contributed by atoms with Gasteiger partial charge >= 0.3 is 0 Å². The van der Waals surface area contributed by atoms with E-state index in [4.69, 9.17) is 4.99 Å². The highest BCUT2D eigenvalue weighted by molar-refractivity contribution is 5.80. The highest BCUT2D eigenvalue weighted by atomic mass is 15.2. The van der Waals surface area contributed by atoms with Crippen molar-refractivity contribution in [1.29, 1.82) is 0 Å². The predicted octanol–water partition coefficient (Wildman–Crippen LogP) is 2.79. The van der Waals surface area contributed by atoms with Gasteiger partial charge in [0.2, 0.25) is 0 Å². The van der Waals surface area contributed by atoms with Crippen LogP contribution < -0.4 is 10.6 Å². The summed E-state index contributed by atoms with van der Waals surface area (Å²) in [6.07, 6.45) is 2.57. The van der Waals surface area contributed by atoms with Crippen molar-refractivity contribution in [1.82, 2.24) is 15.5 Å². The normalized spacial score (nSPS) is 20.9. The molecule has 0 aromatic heterocycles. The maximum atomic E-state index is 4.81. The minimum atomic E-state index is 0.254. The molecule has 2 rings (SSSR count). The second-order valence-electron chi connectivity index (χ2n) is 5.92. The highest BCUT2D eigenvalue weighted by Crippen LogP contribution is 2.16. The first-order valence-electron chi connectivity index (χ1n) is 8.58. The van der Waals surface area contributed by atoms with Gasteiger partial charge in [0.25, 0.3) is 0 Å². The smallest absolute Gasteiger partial charge is 0.191 e. The van der Waals surface area contributed by atoms with Crippen molar-refractivity contribution in [2.75, 3.05) is 26.2 Å². The van der Waals surface area contributed by atoms with Gasteiger partial charge in [0.1, 0.15) is 0 Å². The molecule has 0 spiro atoms. The Labute approximate surface area is 135 Å². The van der Waals surface area contributed by atoms with E-state index in [-0.39, 0.29) is 6.04 Å². The van der Waals surface area contributed by atoms with Crippen molar-refractivity contribution in [2.45, 2.75) is 45.7 Å². The topological polar surface area (TPSA) is 39.7 Å². The van der Waals surface area contributed by atoms with Crippen LogP contribution in [0, 0.1) is 0 Å². The lowest BCUT2D eigenvalue weighted by Crippen LogP contribution is -2.40. The first-order valence-corrected chi connectivity index (χ1v) is 8.58. The zero-order valence-electron chi connectivity index (χ0n) is 14.2. The summed E-state index contributed by atoms with van der Waals surface area (Å²) in [5.41, 5.74) is 1.28. The van der Waals surface area contributed by atoms with Gasteiger partial charge < -0.3 is 10.6 Å². The van der Waals surface area contributed by atoms with E-state index in [0.717, 1.165) is 25.6 Å². The molecule has 4 nitrogen and oxygen atoms in total. The number of aliphatic imine (C=N–C) groups is 1. The number of rotatable bonds is 6. The van der Waals surface area contributed by atoms with Crippen LogP contribution >= 0.6 is 0 Å². The predicted molar refractivity (Wildman–Crippen MR) is 94.2 cm³/mol. The maximum absolute atomic E-state index is 4.81. The van der Waals surface area contributed by atoms with Crippen LogP contribution in [0.3, 0.4) is 0 Å². The first kappa shape index (κ1) is 16.8. The second-order valence-corrected chi connectivity index (χ2v) is 5.92. The Morgan fingerprint density at radius 3 is 2.77 bits per heavy atom. The van der Waals surface area contributed by atoms with Crippen molar-refractivity contribution in [2.24, 2.45) is 4.99 Å². The Bertz CT molecular complexity index is 457. The van der Waals surface area contributed by atoms with Crippen molar-refractivity contribution < 1.29 is 0 Å². The van der Waals surface area contributed by atoms with Crippen LogP contribution in [0.2, 0.25) is 0 Å². The summed E-state index contributed by atoms with van der Waals surface area (Å²) in [5, 5.41) is 6.87. The number of nitrogens with zero attached hydrogens (tertiary/aromatic N) is 2. The second kappa shape index (κ2) is 8.79. The maximum Gasteiger partial charge on any atom is 0.191 e. The van der Waals surface area contributed by atoms with E-state index in [2.05, 4.69) is 66.6 Å².